The molecule has 2 saturated heterocycles. The van der Waals surface area contributed by atoms with E-state index in [1.54, 1.807) is 0 Å². The first-order valence-corrected chi connectivity index (χ1v) is 9.91. The molecule has 2 heterocycles. The van der Waals surface area contributed by atoms with Gasteiger partial charge in [-0.05, 0) is 54.9 Å². The highest BCUT2D eigenvalue weighted by atomic mass is 35.5. The van der Waals surface area contributed by atoms with Gasteiger partial charge in [0.15, 0.2) is 0 Å². The molecule has 5 heteroatoms. The predicted octanol–water partition coefficient (Wildman–Crippen LogP) is 4.89. The SMILES string of the molecule is Cl.O=C(CC1CC2CCC(C1)N2)NC(c1ccccc1)c1ccc(Cl)cc1. The maximum Gasteiger partial charge on any atom is 0.221 e. The number of fused-ring (bicyclic) bond motifs is 2. The molecule has 4 rings (SSSR count). The van der Waals surface area contributed by atoms with E-state index in [2.05, 4.69) is 22.8 Å². The third kappa shape index (κ3) is 5.04. The number of amides is 1. The Kier molecular flexibility index (Phi) is 6.80. The molecule has 3 unspecified atom stereocenters. The first kappa shape index (κ1) is 20.2. The zero-order chi connectivity index (χ0) is 17.9. The van der Waals surface area contributed by atoms with Gasteiger partial charge in [-0.1, -0.05) is 54.1 Å². The number of carbonyl (C=O) groups excluding carboxylic acids is 1. The van der Waals surface area contributed by atoms with E-state index in [1.165, 1.54) is 12.8 Å². The van der Waals surface area contributed by atoms with Gasteiger partial charge in [0.05, 0.1) is 6.04 Å². The summed E-state index contributed by atoms with van der Waals surface area (Å²) in [5, 5.41) is 7.62. The van der Waals surface area contributed by atoms with Crippen LogP contribution in [0.2, 0.25) is 5.02 Å². The van der Waals surface area contributed by atoms with Crippen molar-refractivity contribution in [1.29, 1.82) is 0 Å². The molecule has 2 bridgehead atoms. The van der Waals surface area contributed by atoms with Crippen molar-refractivity contribution in [3.05, 3.63) is 70.7 Å². The van der Waals surface area contributed by atoms with Crippen LogP contribution in [0.3, 0.4) is 0 Å². The summed E-state index contributed by atoms with van der Waals surface area (Å²) in [6.45, 7) is 0. The highest BCUT2D eigenvalue weighted by Crippen LogP contribution is 2.33. The molecule has 0 radical (unpaired) electrons. The van der Waals surface area contributed by atoms with Gasteiger partial charge < -0.3 is 10.6 Å². The van der Waals surface area contributed by atoms with E-state index in [0.29, 0.717) is 29.4 Å². The van der Waals surface area contributed by atoms with Gasteiger partial charge in [-0.25, -0.2) is 0 Å². The Hall–Kier alpha value is -1.55. The Labute approximate surface area is 172 Å². The maximum atomic E-state index is 12.8. The third-order valence-corrected chi connectivity index (χ3v) is 5.94. The van der Waals surface area contributed by atoms with Crippen LogP contribution in [0.5, 0.6) is 0 Å². The summed E-state index contributed by atoms with van der Waals surface area (Å²) < 4.78 is 0. The monoisotopic (exact) mass is 404 g/mol. The third-order valence-electron chi connectivity index (χ3n) is 5.69. The number of benzene rings is 2. The lowest BCUT2D eigenvalue weighted by atomic mass is 9.89. The minimum Gasteiger partial charge on any atom is -0.345 e. The molecule has 2 aromatic rings. The molecule has 2 aliphatic rings. The van der Waals surface area contributed by atoms with Gasteiger partial charge in [-0.3, -0.25) is 4.79 Å². The molecule has 0 aromatic heterocycles. The van der Waals surface area contributed by atoms with Crippen LogP contribution in [-0.2, 0) is 4.79 Å². The lowest BCUT2D eigenvalue weighted by Gasteiger charge is -2.29. The van der Waals surface area contributed by atoms with E-state index >= 15 is 0 Å². The second-order valence-corrected chi connectivity index (χ2v) is 8.08. The summed E-state index contributed by atoms with van der Waals surface area (Å²) in [4.78, 5) is 12.8. The maximum absolute atomic E-state index is 12.8. The second-order valence-electron chi connectivity index (χ2n) is 7.64. The van der Waals surface area contributed by atoms with Crippen molar-refractivity contribution >= 4 is 29.9 Å². The van der Waals surface area contributed by atoms with Crippen molar-refractivity contribution in [2.45, 2.75) is 50.2 Å². The van der Waals surface area contributed by atoms with Crippen LogP contribution >= 0.6 is 24.0 Å². The fourth-order valence-electron chi connectivity index (χ4n) is 4.48. The van der Waals surface area contributed by atoms with Gasteiger partial charge in [0, 0.05) is 23.5 Å². The highest BCUT2D eigenvalue weighted by molar-refractivity contribution is 6.30. The van der Waals surface area contributed by atoms with E-state index in [9.17, 15) is 4.79 Å². The number of carbonyl (C=O) groups is 1. The lowest BCUT2D eigenvalue weighted by Crippen LogP contribution is -2.40. The summed E-state index contributed by atoms with van der Waals surface area (Å²) in [5.41, 5.74) is 2.15. The van der Waals surface area contributed by atoms with Crippen molar-refractivity contribution < 1.29 is 4.79 Å². The first-order valence-electron chi connectivity index (χ1n) is 9.53. The number of piperidine rings is 1. The molecule has 1 amide bonds. The summed E-state index contributed by atoms with van der Waals surface area (Å²) in [6, 6.07) is 19.0. The Morgan fingerprint density at radius 1 is 1.00 bits per heavy atom. The number of hydrogen-bond donors (Lipinski definition) is 2. The topological polar surface area (TPSA) is 41.1 Å². The van der Waals surface area contributed by atoms with Crippen molar-refractivity contribution in [3.63, 3.8) is 0 Å². The number of halogens is 2. The Balaban J connectivity index is 0.00000210. The van der Waals surface area contributed by atoms with Crippen molar-refractivity contribution in [2.75, 3.05) is 0 Å². The summed E-state index contributed by atoms with van der Waals surface area (Å²) in [7, 11) is 0. The van der Waals surface area contributed by atoms with Gasteiger partial charge in [-0.15, -0.1) is 12.4 Å². The van der Waals surface area contributed by atoms with Crippen LogP contribution in [0.4, 0.5) is 0 Å². The molecule has 3 nitrogen and oxygen atoms in total. The summed E-state index contributed by atoms with van der Waals surface area (Å²) in [6.07, 6.45) is 5.40. The van der Waals surface area contributed by atoms with Crippen molar-refractivity contribution in [3.8, 4) is 0 Å². The molecule has 2 N–H and O–H groups in total. The molecule has 2 aromatic carbocycles. The van der Waals surface area contributed by atoms with Gasteiger partial charge in [0.2, 0.25) is 5.91 Å². The molecule has 0 spiro atoms. The average molecular weight is 405 g/mol. The summed E-state index contributed by atoms with van der Waals surface area (Å²) in [5.74, 6) is 0.635. The van der Waals surface area contributed by atoms with Crippen molar-refractivity contribution in [2.24, 2.45) is 5.92 Å². The molecule has 2 fully saturated rings. The standard InChI is InChI=1S/C22H25ClN2O.ClH/c23-18-8-6-17(7-9-18)22(16-4-2-1-3-5-16)25-21(26)14-15-12-19-10-11-20(13-15)24-19;/h1-9,15,19-20,22,24H,10-14H2,(H,25,26);1H. The van der Waals surface area contributed by atoms with E-state index in [1.807, 2.05) is 42.5 Å². The zero-order valence-electron chi connectivity index (χ0n) is 15.2. The van der Waals surface area contributed by atoms with Crippen LogP contribution in [0, 0.1) is 5.92 Å². The summed E-state index contributed by atoms with van der Waals surface area (Å²) >= 11 is 6.04. The fourth-order valence-corrected chi connectivity index (χ4v) is 4.61. The molecule has 3 atom stereocenters. The Morgan fingerprint density at radius 2 is 1.59 bits per heavy atom. The van der Waals surface area contributed by atoms with E-state index in [4.69, 9.17) is 11.6 Å². The second kappa shape index (κ2) is 9.09. The Morgan fingerprint density at radius 3 is 2.22 bits per heavy atom. The molecular weight excluding hydrogens is 379 g/mol. The van der Waals surface area contributed by atoms with E-state index in [0.717, 1.165) is 24.0 Å². The predicted molar refractivity (Wildman–Crippen MR) is 112 cm³/mol. The Bertz CT molecular complexity index is 739. The zero-order valence-corrected chi connectivity index (χ0v) is 16.8. The molecular formula is C22H26Cl2N2O. The van der Waals surface area contributed by atoms with Gasteiger partial charge in [0.1, 0.15) is 0 Å². The first-order chi connectivity index (χ1) is 12.7. The fraction of sp³-hybridized carbons (Fsp3) is 0.409. The minimum atomic E-state index is -0.139. The quantitative estimate of drug-likeness (QED) is 0.744. The van der Waals surface area contributed by atoms with Gasteiger partial charge >= 0.3 is 0 Å². The smallest absolute Gasteiger partial charge is 0.221 e. The van der Waals surface area contributed by atoms with E-state index in [-0.39, 0.29) is 24.4 Å². The average Bonchev–Trinajstić information content (AvgIpc) is 3.00. The van der Waals surface area contributed by atoms with Gasteiger partial charge in [0.25, 0.3) is 0 Å². The normalized spacial score (nSPS) is 24.7. The van der Waals surface area contributed by atoms with Crippen LogP contribution < -0.4 is 10.6 Å². The lowest BCUT2D eigenvalue weighted by molar-refractivity contribution is -0.122. The van der Waals surface area contributed by atoms with Crippen LogP contribution in [0.25, 0.3) is 0 Å². The number of rotatable bonds is 5. The minimum absolute atomic E-state index is 0. The molecule has 27 heavy (non-hydrogen) atoms. The largest absolute Gasteiger partial charge is 0.345 e. The van der Waals surface area contributed by atoms with Crippen molar-refractivity contribution in [1.82, 2.24) is 10.6 Å². The highest BCUT2D eigenvalue weighted by Gasteiger charge is 2.34. The van der Waals surface area contributed by atoms with Gasteiger partial charge in [-0.2, -0.15) is 0 Å². The molecule has 0 aliphatic carbocycles. The van der Waals surface area contributed by atoms with Crippen LogP contribution in [0.1, 0.15) is 49.3 Å². The number of hydrogen-bond acceptors (Lipinski definition) is 2. The molecule has 144 valence electrons. The van der Waals surface area contributed by atoms with Crippen LogP contribution in [0.15, 0.2) is 54.6 Å². The van der Waals surface area contributed by atoms with E-state index < -0.39 is 0 Å². The van der Waals surface area contributed by atoms with Crippen LogP contribution in [-0.4, -0.2) is 18.0 Å². The molecule has 0 saturated carbocycles. The molecule has 2 aliphatic heterocycles. The number of nitrogens with one attached hydrogen (secondary N) is 2.